The van der Waals surface area contributed by atoms with E-state index in [2.05, 4.69) is 10.6 Å². The van der Waals surface area contributed by atoms with Gasteiger partial charge in [0.15, 0.2) is 0 Å². The lowest BCUT2D eigenvalue weighted by Gasteiger charge is -2.17. The van der Waals surface area contributed by atoms with E-state index in [4.69, 9.17) is 0 Å². The van der Waals surface area contributed by atoms with Crippen molar-refractivity contribution in [3.05, 3.63) is 35.9 Å². The highest BCUT2D eigenvalue weighted by molar-refractivity contribution is 7.99. The molecular formula is C15H20N2O2S. The van der Waals surface area contributed by atoms with Gasteiger partial charge in [-0.2, -0.15) is 11.8 Å². The Morgan fingerprint density at radius 2 is 2.00 bits per heavy atom. The van der Waals surface area contributed by atoms with Crippen LogP contribution in [-0.2, 0) is 9.59 Å². The Morgan fingerprint density at radius 1 is 1.30 bits per heavy atom. The van der Waals surface area contributed by atoms with E-state index in [1.54, 1.807) is 18.8 Å². The standard InChI is InChI=1S/C15H20N2O2S/c1-16-15(19)14(12-5-3-2-4-6-12)17-13(18)10-20-9-11-7-8-11/h2-6,11,14H,7-10H2,1H3,(H,16,19)(H,17,18)/t14-/m0/s1. The van der Waals surface area contributed by atoms with Gasteiger partial charge in [-0.3, -0.25) is 9.59 Å². The molecule has 4 nitrogen and oxygen atoms in total. The Morgan fingerprint density at radius 3 is 2.60 bits per heavy atom. The fraction of sp³-hybridized carbons (Fsp3) is 0.467. The van der Waals surface area contributed by atoms with Gasteiger partial charge in [0.25, 0.3) is 0 Å². The number of carbonyl (C=O) groups excluding carboxylic acids is 2. The van der Waals surface area contributed by atoms with Crippen LogP contribution in [0, 0.1) is 5.92 Å². The van der Waals surface area contributed by atoms with Crippen molar-refractivity contribution in [1.82, 2.24) is 10.6 Å². The molecule has 108 valence electrons. The molecule has 1 aromatic rings. The smallest absolute Gasteiger partial charge is 0.246 e. The minimum atomic E-state index is -0.616. The van der Waals surface area contributed by atoms with Crippen molar-refractivity contribution in [1.29, 1.82) is 0 Å². The average Bonchev–Trinajstić information content (AvgIpc) is 3.29. The first-order valence-electron chi connectivity index (χ1n) is 6.84. The molecule has 1 saturated carbocycles. The second kappa shape index (κ2) is 7.33. The summed E-state index contributed by atoms with van der Waals surface area (Å²) >= 11 is 1.64. The van der Waals surface area contributed by atoms with Crippen molar-refractivity contribution in [2.75, 3.05) is 18.6 Å². The summed E-state index contributed by atoms with van der Waals surface area (Å²) in [4.78, 5) is 23.8. The molecule has 20 heavy (non-hydrogen) atoms. The maximum Gasteiger partial charge on any atom is 0.246 e. The molecule has 1 atom stereocenters. The molecule has 1 aliphatic carbocycles. The van der Waals surface area contributed by atoms with Gasteiger partial charge < -0.3 is 10.6 Å². The first-order chi connectivity index (χ1) is 9.70. The number of carbonyl (C=O) groups is 2. The molecule has 0 saturated heterocycles. The SMILES string of the molecule is CNC(=O)[C@@H](NC(=O)CSCC1CC1)c1ccccc1. The van der Waals surface area contributed by atoms with E-state index in [1.807, 2.05) is 30.3 Å². The van der Waals surface area contributed by atoms with Crippen LogP contribution in [-0.4, -0.2) is 30.4 Å². The zero-order chi connectivity index (χ0) is 14.4. The summed E-state index contributed by atoms with van der Waals surface area (Å²) in [6.45, 7) is 0. The Bertz CT molecular complexity index is 460. The minimum Gasteiger partial charge on any atom is -0.357 e. The topological polar surface area (TPSA) is 58.2 Å². The summed E-state index contributed by atoms with van der Waals surface area (Å²) in [6.07, 6.45) is 2.58. The molecule has 2 rings (SSSR count). The largest absolute Gasteiger partial charge is 0.357 e. The van der Waals surface area contributed by atoms with Crippen molar-refractivity contribution in [2.24, 2.45) is 5.92 Å². The molecule has 0 aromatic heterocycles. The first-order valence-corrected chi connectivity index (χ1v) is 8.00. The van der Waals surface area contributed by atoms with Crippen molar-refractivity contribution in [3.63, 3.8) is 0 Å². The molecule has 5 heteroatoms. The van der Waals surface area contributed by atoms with E-state index in [0.29, 0.717) is 5.75 Å². The predicted molar refractivity (Wildman–Crippen MR) is 81.4 cm³/mol. The molecule has 1 aromatic carbocycles. The highest BCUT2D eigenvalue weighted by Gasteiger charge is 2.23. The van der Waals surface area contributed by atoms with Crippen LogP contribution in [0.5, 0.6) is 0 Å². The van der Waals surface area contributed by atoms with E-state index in [-0.39, 0.29) is 11.8 Å². The molecule has 2 N–H and O–H groups in total. The van der Waals surface area contributed by atoms with Crippen molar-refractivity contribution in [3.8, 4) is 0 Å². The summed E-state index contributed by atoms with van der Waals surface area (Å²) in [6, 6.07) is 8.68. The van der Waals surface area contributed by atoms with E-state index < -0.39 is 6.04 Å². The van der Waals surface area contributed by atoms with Crippen molar-refractivity contribution in [2.45, 2.75) is 18.9 Å². The van der Waals surface area contributed by atoms with Crippen molar-refractivity contribution < 1.29 is 9.59 Å². The summed E-state index contributed by atoms with van der Waals surface area (Å²) in [5.74, 6) is 1.97. The monoisotopic (exact) mass is 292 g/mol. The van der Waals surface area contributed by atoms with Crippen LogP contribution in [0.2, 0.25) is 0 Å². The van der Waals surface area contributed by atoms with Gasteiger partial charge >= 0.3 is 0 Å². The number of rotatable bonds is 7. The lowest BCUT2D eigenvalue weighted by Crippen LogP contribution is -2.39. The molecule has 1 fully saturated rings. The molecule has 0 bridgehead atoms. The van der Waals surface area contributed by atoms with Crippen LogP contribution in [0.15, 0.2) is 30.3 Å². The summed E-state index contributed by atoms with van der Waals surface area (Å²) in [5.41, 5.74) is 0.799. The van der Waals surface area contributed by atoms with Gasteiger partial charge in [-0.25, -0.2) is 0 Å². The third kappa shape index (κ3) is 4.56. The van der Waals surface area contributed by atoms with Crippen molar-refractivity contribution >= 4 is 23.6 Å². The second-order valence-corrected chi connectivity index (χ2v) is 6.01. The van der Waals surface area contributed by atoms with Crippen LogP contribution in [0.1, 0.15) is 24.4 Å². The Balaban J connectivity index is 1.89. The van der Waals surface area contributed by atoms with E-state index in [9.17, 15) is 9.59 Å². The number of hydrogen-bond acceptors (Lipinski definition) is 3. The highest BCUT2D eigenvalue weighted by Crippen LogP contribution is 2.32. The third-order valence-corrected chi connectivity index (χ3v) is 4.40. The zero-order valence-electron chi connectivity index (χ0n) is 11.6. The normalized spacial score (nSPS) is 15.4. The van der Waals surface area contributed by atoms with E-state index in [0.717, 1.165) is 17.2 Å². The van der Waals surface area contributed by atoms with Crippen LogP contribution in [0.3, 0.4) is 0 Å². The van der Waals surface area contributed by atoms with Crippen LogP contribution in [0.25, 0.3) is 0 Å². The maximum absolute atomic E-state index is 11.9. The van der Waals surface area contributed by atoms with Gasteiger partial charge in [0.05, 0.1) is 5.75 Å². The number of benzene rings is 1. The lowest BCUT2D eigenvalue weighted by molar-refractivity contribution is -0.127. The van der Waals surface area contributed by atoms with Gasteiger partial charge in [0.1, 0.15) is 6.04 Å². The quantitative estimate of drug-likeness (QED) is 0.805. The van der Waals surface area contributed by atoms with Gasteiger partial charge in [0.2, 0.25) is 11.8 Å². The minimum absolute atomic E-state index is 0.0897. The van der Waals surface area contributed by atoms with Crippen LogP contribution < -0.4 is 10.6 Å². The van der Waals surface area contributed by atoms with E-state index >= 15 is 0 Å². The summed E-state index contributed by atoms with van der Waals surface area (Å²) < 4.78 is 0. The summed E-state index contributed by atoms with van der Waals surface area (Å²) in [5, 5.41) is 5.40. The lowest BCUT2D eigenvalue weighted by atomic mass is 10.1. The third-order valence-electron chi connectivity index (χ3n) is 3.23. The molecule has 0 heterocycles. The van der Waals surface area contributed by atoms with Gasteiger partial charge in [-0.05, 0) is 30.1 Å². The van der Waals surface area contributed by atoms with E-state index in [1.165, 1.54) is 12.8 Å². The molecule has 0 spiro atoms. The molecular weight excluding hydrogens is 272 g/mol. The Hall–Kier alpha value is -1.49. The Labute approximate surface area is 123 Å². The summed E-state index contributed by atoms with van der Waals surface area (Å²) in [7, 11) is 1.58. The van der Waals surface area contributed by atoms with Gasteiger partial charge in [0, 0.05) is 7.05 Å². The maximum atomic E-state index is 11.9. The highest BCUT2D eigenvalue weighted by atomic mass is 32.2. The number of amides is 2. The Kier molecular flexibility index (Phi) is 5.47. The average molecular weight is 292 g/mol. The molecule has 0 unspecified atom stereocenters. The molecule has 1 aliphatic rings. The van der Waals surface area contributed by atoms with Crippen LogP contribution in [0.4, 0.5) is 0 Å². The molecule has 2 amide bonds. The van der Waals surface area contributed by atoms with Crippen LogP contribution >= 0.6 is 11.8 Å². The number of hydrogen-bond donors (Lipinski definition) is 2. The molecule has 0 aliphatic heterocycles. The van der Waals surface area contributed by atoms with Gasteiger partial charge in [-0.1, -0.05) is 30.3 Å². The second-order valence-electron chi connectivity index (χ2n) is 4.98. The van der Waals surface area contributed by atoms with Gasteiger partial charge in [-0.15, -0.1) is 0 Å². The number of nitrogens with one attached hydrogen (secondary N) is 2. The first kappa shape index (κ1) is 14.9. The fourth-order valence-electron chi connectivity index (χ4n) is 1.90. The zero-order valence-corrected chi connectivity index (χ0v) is 12.4. The number of likely N-dealkylation sites (N-methyl/N-ethyl adjacent to an activating group) is 1. The number of thioether (sulfide) groups is 1. The molecule has 0 radical (unpaired) electrons. The fourth-order valence-corrected chi connectivity index (χ4v) is 2.95. The predicted octanol–water partition coefficient (Wildman–Crippen LogP) is 1.73.